The van der Waals surface area contributed by atoms with Gasteiger partial charge in [0.1, 0.15) is 17.0 Å². The Morgan fingerprint density at radius 3 is 2.86 bits per heavy atom. The highest BCUT2D eigenvalue weighted by Crippen LogP contribution is 2.26. The first kappa shape index (κ1) is 16.1. The third kappa shape index (κ3) is 4.34. The molecule has 2 heterocycles. The van der Waals surface area contributed by atoms with Crippen molar-refractivity contribution in [2.75, 3.05) is 6.54 Å². The van der Waals surface area contributed by atoms with Crippen molar-refractivity contribution in [1.82, 2.24) is 20.0 Å². The molecule has 0 amide bonds. The van der Waals surface area contributed by atoms with E-state index in [-0.39, 0.29) is 16.1 Å². The van der Waals surface area contributed by atoms with E-state index < -0.39 is 10.0 Å². The van der Waals surface area contributed by atoms with Crippen molar-refractivity contribution in [3.63, 3.8) is 0 Å². The van der Waals surface area contributed by atoms with Crippen LogP contribution in [-0.4, -0.2) is 24.9 Å². The van der Waals surface area contributed by atoms with Gasteiger partial charge in [-0.25, -0.2) is 23.1 Å². The van der Waals surface area contributed by atoms with Gasteiger partial charge in [-0.3, -0.25) is 0 Å². The Morgan fingerprint density at radius 2 is 2.19 bits per heavy atom. The number of hydrogen-bond acceptors (Lipinski definition) is 6. The molecule has 0 aliphatic rings. The van der Waals surface area contributed by atoms with E-state index in [0.29, 0.717) is 18.0 Å². The topological polar surface area (TPSA) is 97.1 Å². The molecule has 0 fully saturated rings. The minimum atomic E-state index is -3.67. The average molecular weight is 375 g/mol. The molecule has 0 bridgehead atoms. The molecule has 7 nitrogen and oxygen atoms in total. The van der Waals surface area contributed by atoms with Crippen LogP contribution in [0.5, 0.6) is 0 Å². The van der Waals surface area contributed by atoms with E-state index >= 15 is 0 Å². The first-order valence-corrected chi connectivity index (χ1v) is 8.54. The molecule has 2 aromatic rings. The van der Waals surface area contributed by atoms with Crippen molar-refractivity contribution in [3.05, 3.63) is 40.8 Å². The Labute approximate surface area is 131 Å². The zero-order chi connectivity index (χ0) is 15.3. The van der Waals surface area contributed by atoms with E-state index in [1.54, 1.807) is 12.3 Å². The first-order chi connectivity index (χ1) is 10.0. The average Bonchev–Trinajstić information content (AvgIpc) is 2.86. The Kier molecular flexibility index (Phi) is 5.45. The van der Waals surface area contributed by atoms with Crippen LogP contribution >= 0.6 is 15.9 Å². The van der Waals surface area contributed by atoms with Crippen LogP contribution in [-0.2, 0) is 23.1 Å². The minimum absolute atomic E-state index is 0.0736. The van der Waals surface area contributed by atoms with Gasteiger partial charge < -0.3 is 9.73 Å². The van der Waals surface area contributed by atoms with Crippen LogP contribution < -0.4 is 10.0 Å². The lowest BCUT2D eigenvalue weighted by atomic mass is 10.4. The summed E-state index contributed by atoms with van der Waals surface area (Å²) in [5, 5.41) is 3.07. The largest absolute Gasteiger partial charge is 0.452 e. The Balaban J connectivity index is 2.10. The van der Waals surface area contributed by atoms with Crippen molar-refractivity contribution in [2.45, 2.75) is 24.9 Å². The standard InChI is InChI=1S/C12H15BrN4O3S/c1-2-14-7-10-5-11(12(13)20-10)21(18,19)17-6-9-3-4-15-8-16-9/h3-5,8,14,17H,2,6-7H2,1H3. The van der Waals surface area contributed by atoms with E-state index in [9.17, 15) is 8.42 Å². The minimum Gasteiger partial charge on any atom is -0.452 e. The molecule has 0 aliphatic carbocycles. The molecule has 0 spiro atoms. The van der Waals surface area contributed by atoms with E-state index in [1.165, 1.54) is 12.4 Å². The lowest BCUT2D eigenvalue weighted by molar-refractivity contribution is 0.464. The number of furan rings is 1. The molecule has 0 unspecified atom stereocenters. The van der Waals surface area contributed by atoms with Crippen LogP contribution in [0.15, 0.2) is 38.6 Å². The molecule has 0 saturated heterocycles. The summed E-state index contributed by atoms with van der Waals surface area (Å²) in [7, 11) is -3.67. The summed E-state index contributed by atoms with van der Waals surface area (Å²) in [6.45, 7) is 3.28. The highest BCUT2D eigenvalue weighted by molar-refractivity contribution is 9.10. The number of nitrogens with zero attached hydrogens (tertiary/aromatic N) is 2. The number of hydrogen-bond donors (Lipinski definition) is 2. The Morgan fingerprint density at radius 1 is 1.38 bits per heavy atom. The Bertz CT molecular complexity index is 688. The van der Waals surface area contributed by atoms with Gasteiger partial charge in [-0.05, 0) is 28.5 Å². The molecule has 0 saturated carbocycles. The van der Waals surface area contributed by atoms with Gasteiger partial charge >= 0.3 is 0 Å². The second kappa shape index (κ2) is 7.12. The van der Waals surface area contributed by atoms with Gasteiger partial charge in [0.25, 0.3) is 0 Å². The van der Waals surface area contributed by atoms with E-state index in [1.807, 2.05) is 6.92 Å². The number of rotatable bonds is 7. The summed E-state index contributed by atoms with van der Waals surface area (Å²) in [5.41, 5.74) is 0.584. The molecule has 2 N–H and O–H groups in total. The molecule has 114 valence electrons. The normalized spacial score (nSPS) is 11.7. The van der Waals surface area contributed by atoms with Gasteiger partial charge in [-0.15, -0.1) is 0 Å². The Hall–Kier alpha value is -1.29. The van der Waals surface area contributed by atoms with Crippen molar-refractivity contribution >= 4 is 26.0 Å². The summed E-state index contributed by atoms with van der Waals surface area (Å²) in [6, 6.07) is 3.14. The maximum absolute atomic E-state index is 12.2. The highest BCUT2D eigenvalue weighted by atomic mass is 79.9. The quantitative estimate of drug-likeness (QED) is 0.760. The number of aromatic nitrogens is 2. The molecular formula is C12H15BrN4O3S. The fraction of sp³-hybridized carbons (Fsp3) is 0.333. The second-order valence-corrected chi connectivity index (χ2v) is 6.61. The van der Waals surface area contributed by atoms with Crippen molar-refractivity contribution in [3.8, 4) is 0 Å². The first-order valence-electron chi connectivity index (χ1n) is 6.26. The van der Waals surface area contributed by atoms with Gasteiger partial charge in [0.2, 0.25) is 10.0 Å². The molecule has 0 atom stereocenters. The van der Waals surface area contributed by atoms with Crippen molar-refractivity contribution in [2.24, 2.45) is 0 Å². The number of halogens is 1. The maximum atomic E-state index is 12.2. The number of nitrogens with one attached hydrogen (secondary N) is 2. The lowest BCUT2D eigenvalue weighted by Crippen LogP contribution is -2.23. The van der Waals surface area contributed by atoms with Crippen molar-refractivity contribution < 1.29 is 12.8 Å². The van der Waals surface area contributed by atoms with E-state index in [0.717, 1.165) is 6.54 Å². The zero-order valence-corrected chi connectivity index (χ0v) is 13.7. The molecule has 21 heavy (non-hydrogen) atoms. The third-order valence-corrected chi connectivity index (χ3v) is 4.89. The summed E-state index contributed by atoms with van der Waals surface area (Å²) < 4.78 is 32.5. The van der Waals surface area contributed by atoms with Gasteiger partial charge in [0.05, 0.1) is 18.8 Å². The van der Waals surface area contributed by atoms with Gasteiger partial charge in [-0.1, -0.05) is 6.92 Å². The van der Waals surface area contributed by atoms with Gasteiger partial charge in [0.15, 0.2) is 4.67 Å². The fourth-order valence-corrected chi connectivity index (χ4v) is 3.58. The van der Waals surface area contributed by atoms with E-state index in [2.05, 4.69) is 35.9 Å². The second-order valence-electron chi connectivity index (χ2n) is 4.16. The lowest BCUT2D eigenvalue weighted by Gasteiger charge is -2.04. The van der Waals surface area contributed by atoms with Crippen LogP contribution in [0.2, 0.25) is 0 Å². The van der Waals surface area contributed by atoms with E-state index in [4.69, 9.17) is 4.42 Å². The summed E-state index contributed by atoms with van der Waals surface area (Å²) in [6.07, 6.45) is 2.92. The van der Waals surface area contributed by atoms with Crippen molar-refractivity contribution in [1.29, 1.82) is 0 Å². The SMILES string of the molecule is CCNCc1cc(S(=O)(=O)NCc2ccncn2)c(Br)o1. The van der Waals surface area contributed by atoms with Crippen LogP contribution in [0.1, 0.15) is 18.4 Å². The molecule has 0 aromatic carbocycles. The van der Waals surface area contributed by atoms with Crippen LogP contribution in [0.4, 0.5) is 0 Å². The maximum Gasteiger partial charge on any atom is 0.245 e. The van der Waals surface area contributed by atoms with Crippen LogP contribution in [0, 0.1) is 0 Å². The summed E-state index contributed by atoms with van der Waals surface area (Å²) in [5.74, 6) is 0.547. The van der Waals surface area contributed by atoms with Gasteiger partial charge in [0, 0.05) is 12.3 Å². The zero-order valence-electron chi connectivity index (χ0n) is 11.3. The van der Waals surface area contributed by atoms with Crippen LogP contribution in [0.3, 0.4) is 0 Å². The molecular weight excluding hydrogens is 360 g/mol. The predicted molar refractivity (Wildman–Crippen MR) is 79.8 cm³/mol. The van der Waals surface area contributed by atoms with Gasteiger partial charge in [-0.2, -0.15) is 0 Å². The number of sulfonamides is 1. The summed E-state index contributed by atoms with van der Waals surface area (Å²) in [4.78, 5) is 7.81. The monoisotopic (exact) mass is 374 g/mol. The smallest absolute Gasteiger partial charge is 0.245 e. The van der Waals surface area contributed by atoms with Crippen LogP contribution in [0.25, 0.3) is 0 Å². The fourth-order valence-electron chi connectivity index (χ4n) is 1.59. The molecule has 0 radical (unpaired) electrons. The molecule has 2 aromatic heterocycles. The summed E-state index contributed by atoms with van der Waals surface area (Å²) >= 11 is 3.13. The highest BCUT2D eigenvalue weighted by Gasteiger charge is 2.22. The molecule has 9 heteroatoms. The third-order valence-electron chi connectivity index (χ3n) is 2.63. The molecule has 0 aliphatic heterocycles. The predicted octanol–water partition coefficient (Wildman–Crippen LogP) is 1.42. The molecule has 2 rings (SSSR count).